The fourth-order valence-electron chi connectivity index (χ4n) is 3.07. The number of carbonyl (C=O) groups is 1. The molecule has 1 aromatic carbocycles. The van der Waals surface area contributed by atoms with Crippen molar-refractivity contribution in [2.45, 2.75) is 19.4 Å². The van der Waals surface area contributed by atoms with Crippen LogP contribution in [0.25, 0.3) is 0 Å². The first-order valence-electron chi connectivity index (χ1n) is 8.53. The fourth-order valence-corrected chi connectivity index (χ4v) is 4.84. The van der Waals surface area contributed by atoms with Gasteiger partial charge < -0.3 is 9.80 Å². The van der Waals surface area contributed by atoms with Crippen LogP contribution < -0.4 is 4.90 Å². The number of hydrogen-bond donors (Lipinski definition) is 0. The van der Waals surface area contributed by atoms with E-state index in [1.807, 2.05) is 42.2 Å². The molecule has 7 nitrogen and oxygen atoms in total. The third-order valence-corrected chi connectivity index (χ3v) is 6.34. The minimum absolute atomic E-state index is 0.0196. The van der Waals surface area contributed by atoms with Gasteiger partial charge in [-0.15, -0.1) is 0 Å². The molecule has 1 fully saturated rings. The lowest BCUT2D eigenvalue weighted by molar-refractivity contribution is 0.0747. The topological polar surface area (TPSA) is 83.5 Å². The summed E-state index contributed by atoms with van der Waals surface area (Å²) in [4.78, 5) is 24.7. The van der Waals surface area contributed by atoms with E-state index in [1.165, 1.54) is 17.3 Å². The molecule has 8 heteroatoms. The number of nitrogens with zero attached hydrogens (tertiary/aromatic N) is 4. The number of sulfone groups is 1. The summed E-state index contributed by atoms with van der Waals surface area (Å²) in [6.45, 7) is 2.70. The Labute approximate surface area is 153 Å². The second-order valence-electron chi connectivity index (χ2n) is 6.32. The van der Waals surface area contributed by atoms with Crippen LogP contribution in [0.5, 0.6) is 0 Å². The SMILES string of the molecule is CCN(c1ccccc1)c1ncc(C(=O)N(C)C2CCS(=O)(=O)C2)cn1. The van der Waals surface area contributed by atoms with Gasteiger partial charge in [-0.05, 0) is 25.5 Å². The summed E-state index contributed by atoms with van der Waals surface area (Å²) in [7, 11) is -1.41. The van der Waals surface area contributed by atoms with Gasteiger partial charge in [0, 0.05) is 37.7 Å². The van der Waals surface area contributed by atoms with E-state index in [1.54, 1.807) is 7.05 Å². The number of aromatic nitrogens is 2. The van der Waals surface area contributed by atoms with Crippen molar-refractivity contribution in [3.63, 3.8) is 0 Å². The van der Waals surface area contributed by atoms with Crippen LogP contribution in [-0.4, -0.2) is 60.3 Å². The third kappa shape index (κ3) is 3.85. The van der Waals surface area contributed by atoms with Crippen molar-refractivity contribution in [1.29, 1.82) is 0 Å². The molecule has 0 bridgehead atoms. The molecule has 1 saturated heterocycles. The molecule has 1 aliphatic rings. The van der Waals surface area contributed by atoms with Crippen LogP contribution in [0.2, 0.25) is 0 Å². The Hall–Kier alpha value is -2.48. The molecule has 0 N–H and O–H groups in total. The van der Waals surface area contributed by atoms with Crippen molar-refractivity contribution < 1.29 is 13.2 Å². The van der Waals surface area contributed by atoms with Crippen molar-refractivity contribution in [1.82, 2.24) is 14.9 Å². The third-order valence-electron chi connectivity index (χ3n) is 4.59. The van der Waals surface area contributed by atoms with Crippen LogP contribution in [0.15, 0.2) is 42.7 Å². The van der Waals surface area contributed by atoms with Crippen LogP contribution in [0.3, 0.4) is 0 Å². The molecule has 0 aliphatic carbocycles. The van der Waals surface area contributed by atoms with Gasteiger partial charge in [0.1, 0.15) is 0 Å². The minimum atomic E-state index is -3.04. The van der Waals surface area contributed by atoms with E-state index in [0.717, 1.165) is 5.69 Å². The van der Waals surface area contributed by atoms with Crippen molar-refractivity contribution in [2.75, 3.05) is 30.0 Å². The van der Waals surface area contributed by atoms with Gasteiger partial charge >= 0.3 is 0 Å². The van der Waals surface area contributed by atoms with Gasteiger partial charge in [0.25, 0.3) is 5.91 Å². The van der Waals surface area contributed by atoms with Crippen molar-refractivity contribution in [2.24, 2.45) is 0 Å². The lowest BCUT2D eigenvalue weighted by Gasteiger charge is -2.24. The second kappa shape index (κ2) is 7.41. The maximum absolute atomic E-state index is 12.6. The molecule has 1 atom stereocenters. The Morgan fingerprint density at radius 1 is 1.19 bits per heavy atom. The Kier molecular flexibility index (Phi) is 5.22. The van der Waals surface area contributed by atoms with Gasteiger partial charge in [-0.2, -0.15) is 0 Å². The second-order valence-corrected chi connectivity index (χ2v) is 8.55. The van der Waals surface area contributed by atoms with E-state index >= 15 is 0 Å². The van der Waals surface area contributed by atoms with Gasteiger partial charge in [0.15, 0.2) is 9.84 Å². The first-order valence-corrected chi connectivity index (χ1v) is 10.4. The number of amides is 1. The maximum atomic E-state index is 12.6. The predicted molar refractivity (Wildman–Crippen MR) is 100 cm³/mol. The van der Waals surface area contributed by atoms with E-state index in [9.17, 15) is 13.2 Å². The van der Waals surface area contributed by atoms with Gasteiger partial charge in [0.05, 0.1) is 17.1 Å². The standard InChI is InChI=1S/C18H22N4O3S/c1-3-22(15-7-5-4-6-8-15)18-19-11-14(12-20-18)17(23)21(2)16-9-10-26(24,25)13-16/h4-8,11-12,16H,3,9-10,13H2,1-2H3. The highest BCUT2D eigenvalue weighted by Crippen LogP contribution is 2.22. The number of carbonyl (C=O) groups excluding carboxylic acids is 1. The Morgan fingerprint density at radius 3 is 2.38 bits per heavy atom. The largest absolute Gasteiger partial charge is 0.338 e. The molecular formula is C18H22N4O3S. The highest BCUT2D eigenvalue weighted by Gasteiger charge is 2.33. The summed E-state index contributed by atoms with van der Waals surface area (Å²) in [5, 5.41) is 0. The summed E-state index contributed by atoms with van der Waals surface area (Å²) >= 11 is 0. The fraction of sp³-hybridized carbons (Fsp3) is 0.389. The van der Waals surface area contributed by atoms with E-state index in [0.29, 0.717) is 24.5 Å². The molecular weight excluding hydrogens is 352 g/mol. The van der Waals surface area contributed by atoms with Crippen LogP contribution in [0.4, 0.5) is 11.6 Å². The summed E-state index contributed by atoms with van der Waals surface area (Å²) in [6, 6.07) is 9.49. The lowest BCUT2D eigenvalue weighted by atomic mass is 10.2. The molecule has 2 heterocycles. The molecule has 1 aliphatic heterocycles. The summed E-state index contributed by atoms with van der Waals surface area (Å²) < 4.78 is 23.2. The van der Waals surface area contributed by atoms with Crippen LogP contribution in [0, 0.1) is 0 Å². The zero-order valence-corrected chi connectivity index (χ0v) is 15.7. The molecule has 138 valence electrons. The lowest BCUT2D eigenvalue weighted by Crippen LogP contribution is -2.38. The highest BCUT2D eigenvalue weighted by atomic mass is 32.2. The predicted octanol–water partition coefficient (Wildman–Crippen LogP) is 1.89. The molecule has 1 unspecified atom stereocenters. The maximum Gasteiger partial charge on any atom is 0.257 e. The molecule has 0 spiro atoms. The van der Waals surface area contributed by atoms with E-state index < -0.39 is 9.84 Å². The minimum Gasteiger partial charge on any atom is -0.338 e. The summed E-state index contributed by atoms with van der Waals surface area (Å²) in [5.41, 5.74) is 1.33. The zero-order valence-electron chi connectivity index (χ0n) is 14.9. The average Bonchev–Trinajstić information content (AvgIpc) is 3.02. The van der Waals surface area contributed by atoms with Gasteiger partial charge in [-0.3, -0.25) is 4.79 Å². The van der Waals surface area contributed by atoms with E-state index in [2.05, 4.69) is 9.97 Å². The first-order chi connectivity index (χ1) is 12.4. The Bertz CT molecular complexity index is 869. The number of benzene rings is 1. The average molecular weight is 374 g/mol. The summed E-state index contributed by atoms with van der Waals surface area (Å²) in [5.74, 6) is 0.404. The Morgan fingerprint density at radius 2 is 1.85 bits per heavy atom. The van der Waals surface area contributed by atoms with E-state index in [-0.39, 0.29) is 23.5 Å². The van der Waals surface area contributed by atoms with E-state index in [4.69, 9.17) is 0 Å². The van der Waals surface area contributed by atoms with Crippen LogP contribution in [0.1, 0.15) is 23.7 Å². The number of rotatable bonds is 5. The van der Waals surface area contributed by atoms with Gasteiger partial charge in [-0.1, -0.05) is 18.2 Å². The number of hydrogen-bond acceptors (Lipinski definition) is 6. The monoisotopic (exact) mass is 374 g/mol. The zero-order chi connectivity index (χ0) is 18.7. The molecule has 1 amide bonds. The molecule has 0 saturated carbocycles. The van der Waals surface area contributed by atoms with Crippen molar-refractivity contribution in [3.05, 3.63) is 48.3 Å². The van der Waals surface area contributed by atoms with Crippen molar-refractivity contribution >= 4 is 27.4 Å². The Balaban J connectivity index is 1.75. The number of para-hydroxylation sites is 1. The van der Waals surface area contributed by atoms with Crippen LogP contribution in [-0.2, 0) is 9.84 Å². The first kappa shape index (κ1) is 18.3. The summed E-state index contributed by atoms with van der Waals surface area (Å²) in [6.07, 6.45) is 3.47. The molecule has 0 radical (unpaired) electrons. The van der Waals surface area contributed by atoms with Gasteiger partial charge in [0.2, 0.25) is 5.95 Å². The van der Waals surface area contributed by atoms with Crippen molar-refractivity contribution in [3.8, 4) is 0 Å². The highest BCUT2D eigenvalue weighted by molar-refractivity contribution is 7.91. The quantitative estimate of drug-likeness (QED) is 0.795. The molecule has 2 aromatic rings. The molecule has 3 rings (SSSR count). The van der Waals surface area contributed by atoms with Crippen LogP contribution >= 0.6 is 0 Å². The normalized spacial score (nSPS) is 18.5. The molecule has 26 heavy (non-hydrogen) atoms. The van der Waals surface area contributed by atoms with Gasteiger partial charge in [-0.25, -0.2) is 18.4 Å². The smallest absolute Gasteiger partial charge is 0.257 e. The number of anilines is 2. The molecule has 1 aromatic heterocycles.